The number of amides is 1. The topological polar surface area (TPSA) is 134 Å². The number of carboxylic acid groups (broad SMARTS) is 1. The number of carboxylic acids is 1. The average Bonchev–Trinajstić information content (AvgIpc) is 3.56. The second-order valence-electron chi connectivity index (χ2n) is 8.35. The van der Waals surface area contributed by atoms with Crippen molar-refractivity contribution >= 4 is 35.2 Å². The van der Waals surface area contributed by atoms with Crippen molar-refractivity contribution in [3.8, 4) is 5.69 Å². The zero-order valence-electron chi connectivity index (χ0n) is 18.9. The molecule has 182 valence electrons. The van der Waals surface area contributed by atoms with Gasteiger partial charge in [-0.05, 0) is 90.8 Å². The number of carbonyl (C=O) groups excluding carboxylic acids is 1. The molecule has 0 radical (unpaired) electrons. The van der Waals surface area contributed by atoms with Crippen molar-refractivity contribution in [2.45, 2.75) is 18.9 Å². The van der Waals surface area contributed by atoms with Crippen LogP contribution in [0.15, 0.2) is 54.9 Å². The Kier molecular flexibility index (Phi) is 8.07. The third-order valence-corrected chi connectivity index (χ3v) is 6.05. The summed E-state index contributed by atoms with van der Waals surface area (Å²) in [5.41, 5.74) is 2.42. The third-order valence-electron chi connectivity index (χ3n) is 5.81. The van der Waals surface area contributed by atoms with Crippen LogP contribution in [0, 0.1) is 5.92 Å². The van der Waals surface area contributed by atoms with Gasteiger partial charge in [-0.15, -0.1) is 5.10 Å². The van der Waals surface area contributed by atoms with Crippen LogP contribution in [-0.4, -0.2) is 62.9 Å². The maximum atomic E-state index is 12.8. The number of aromatic carboxylic acids is 1. The fourth-order valence-corrected chi connectivity index (χ4v) is 4.22. The number of halogens is 1. The lowest BCUT2D eigenvalue weighted by molar-refractivity contribution is -0.117. The van der Waals surface area contributed by atoms with Gasteiger partial charge in [0.15, 0.2) is 0 Å². The van der Waals surface area contributed by atoms with Crippen LogP contribution in [0.3, 0.4) is 0 Å². The molecular formula is C24H26ClN7O3. The van der Waals surface area contributed by atoms with Crippen molar-refractivity contribution in [3.05, 3.63) is 71.0 Å². The number of hydrogen-bond donors (Lipinski definition) is 4. The summed E-state index contributed by atoms with van der Waals surface area (Å²) in [6.45, 7) is 2.41. The van der Waals surface area contributed by atoms with Crippen molar-refractivity contribution in [2.75, 3.05) is 25.0 Å². The molecule has 35 heavy (non-hydrogen) atoms. The smallest absolute Gasteiger partial charge is 0.335 e. The summed E-state index contributed by atoms with van der Waals surface area (Å²) < 4.78 is 1.50. The molecule has 0 saturated carbocycles. The number of anilines is 1. The first-order valence-electron chi connectivity index (χ1n) is 11.3. The second-order valence-corrected chi connectivity index (χ2v) is 8.79. The molecule has 2 atom stereocenters. The highest BCUT2D eigenvalue weighted by Crippen LogP contribution is 2.20. The molecule has 2 aromatic carbocycles. The monoisotopic (exact) mass is 495 g/mol. The van der Waals surface area contributed by atoms with Gasteiger partial charge in [0.2, 0.25) is 5.91 Å². The minimum absolute atomic E-state index is 0.116. The molecule has 1 fully saturated rings. The van der Waals surface area contributed by atoms with Crippen LogP contribution in [0.2, 0.25) is 5.02 Å². The van der Waals surface area contributed by atoms with E-state index >= 15 is 0 Å². The van der Waals surface area contributed by atoms with Gasteiger partial charge in [-0.25, -0.2) is 4.79 Å². The predicted octanol–water partition coefficient (Wildman–Crippen LogP) is 2.62. The number of carbonyl (C=O) groups is 2. The quantitative estimate of drug-likeness (QED) is 0.315. The highest BCUT2D eigenvalue weighted by molar-refractivity contribution is 6.30. The van der Waals surface area contributed by atoms with Crippen LogP contribution < -0.4 is 16.0 Å². The highest BCUT2D eigenvalue weighted by Gasteiger charge is 2.21. The number of nitrogens with zero attached hydrogens (tertiary/aromatic N) is 4. The zero-order chi connectivity index (χ0) is 24.6. The first kappa shape index (κ1) is 24.4. The summed E-state index contributed by atoms with van der Waals surface area (Å²) in [4.78, 5) is 23.9. The Bertz CT molecular complexity index is 1180. The summed E-state index contributed by atoms with van der Waals surface area (Å²) in [7, 11) is 0. The minimum atomic E-state index is -0.967. The van der Waals surface area contributed by atoms with E-state index in [-0.39, 0.29) is 17.5 Å². The van der Waals surface area contributed by atoms with Gasteiger partial charge in [0.25, 0.3) is 0 Å². The van der Waals surface area contributed by atoms with Crippen molar-refractivity contribution in [3.63, 3.8) is 0 Å². The van der Waals surface area contributed by atoms with Gasteiger partial charge in [-0.1, -0.05) is 11.6 Å². The van der Waals surface area contributed by atoms with E-state index in [2.05, 4.69) is 31.5 Å². The number of hydrogen-bond acceptors (Lipinski definition) is 7. The Hall–Kier alpha value is -3.76. The van der Waals surface area contributed by atoms with Crippen LogP contribution in [0.5, 0.6) is 0 Å². The number of tetrazole rings is 1. The molecule has 1 aromatic heterocycles. The Morgan fingerprint density at radius 2 is 2.09 bits per heavy atom. The van der Waals surface area contributed by atoms with E-state index in [1.54, 1.807) is 48.5 Å². The van der Waals surface area contributed by atoms with Crippen LogP contribution >= 0.6 is 11.6 Å². The third kappa shape index (κ3) is 6.87. The summed E-state index contributed by atoms with van der Waals surface area (Å²) in [5.74, 6) is -0.725. The number of nitrogens with one attached hydrogen (secondary N) is 3. The maximum absolute atomic E-state index is 12.8. The summed E-state index contributed by atoms with van der Waals surface area (Å²) >= 11 is 6.16. The summed E-state index contributed by atoms with van der Waals surface area (Å²) in [5, 5.41) is 30.6. The lowest BCUT2D eigenvalue weighted by Crippen LogP contribution is -2.40. The first-order valence-corrected chi connectivity index (χ1v) is 11.6. The zero-order valence-corrected chi connectivity index (χ0v) is 19.7. The Labute approximate surface area is 207 Å². The molecule has 4 N–H and O–H groups in total. The molecule has 4 rings (SSSR count). The molecule has 1 saturated heterocycles. The van der Waals surface area contributed by atoms with Crippen molar-refractivity contribution in [1.29, 1.82) is 0 Å². The molecule has 0 spiro atoms. The van der Waals surface area contributed by atoms with Gasteiger partial charge in [0, 0.05) is 34.9 Å². The molecule has 1 unspecified atom stereocenters. The van der Waals surface area contributed by atoms with Crippen LogP contribution in [0.1, 0.15) is 28.8 Å². The van der Waals surface area contributed by atoms with Crippen LogP contribution in [-0.2, 0) is 4.79 Å². The van der Waals surface area contributed by atoms with Gasteiger partial charge in [-0.3, -0.25) is 4.79 Å². The summed E-state index contributed by atoms with van der Waals surface area (Å²) in [6, 6.07) is 11.7. The fourth-order valence-electron chi connectivity index (χ4n) is 4.04. The van der Waals surface area contributed by atoms with E-state index in [1.165, 1.54) is 17.1 Å². The predicted molar refractivity (Wildman–Crippen MR) is 133 cm³/mol. The Morgan fingerprint density at radius 3 is 2.77 bits per heavy atom. The standard InChI is InChI=1S/C24H26ClN7O3/c25-19-4-7-22(32-15-28-30-31-32)18(12-19)3-8-23(33)29-21(11-16-9-10-26-13-16)14-27-20-5-1-17(2-6-20)24(34)35/h1-8,12,15-16,21,26-27H,9-11,13-14H2,(H,29,33)(H,34,35)/b8-3+/t16?,21-/m1/s1. The van der Waals surface area contributed by atoms with E-state index < -0.39 is 5.97 Å². The van der Waals surface area contributed by atoms with Crippen LogP contribution in [0.4, 0.5) is 5.69 Å². The average molecular weight is 496 g/mol. The number of benzene rings is 2. The maximum Gasteiger partial charge on any atom is 0.335 e. The second kappa shape index (κ2) is 11.6. The molecule has 0 aliphatic carbocycles. The molecule has 3 aromatic rings. The lowest BCUT2D eigenvalue weighted by atomic mass is 9.98. The van der Waals surface area contributed by atoms with Gasteiger partial charge >= 0.3 is 5.97 Å². The normalized spacial score (nSPS) is 16.3. The van der Waals surface area contributed by atoms with E-state index in [0.29, 0.717) is 28.7 Å². The van der Waals surface area contributed by atoms with Gasteiger partial charge < -0.3 is 21.1 Å². The van der Waals surface area contributed by atoms with Gasteiger partial charge in [0.05, 0.1) is 11.3 Å². The molecule has 1 aliphatic heterocycles. The van der Waals surface area contributed by atoms with Crippen molar-refractivity contribution in [2.24, 2.45) is 5.92 Å². The molecule has 0 bridgehead atoms. The summed E-state index contributed by atoms with van der Waals surface area (Å²) in [6.07, 6.45) is 6.51. The molecular weight excluding hydrogens is 470 g/mol. The highest BCUT2D eigenvalue weighted by atomic mass is 35.5. The SMILES string of the molecule is O=C(/C=C/c1cc(Cl)ccc1-n1cnnn1)N[C@@H](CNc1ccc(C(=O)O)cc1)CC1CCNC1. The fraction of sp³-hybridized carbons (Fsp3) is 0.292. The van der Waals surface area contributed by atoms with Gasteiger partial charge in [0.1, 0.15) is 6.33 Å². The van der Waals surface area contributed by atoms with E-state index in [4.69, 9.17) is 16.7 Å². The minimum Gasteiger partial charge on any atom is -0.478 e. The largest absolute Gasteiger partial charge is 0.478 e. The molecule has 10 nitrogen and oxygen atoms in total. The molecule has 1 aliphatic rings. The van der Waals surface area contributed by atoms with E-state index in [9.17, 15) is 9.59 Å². The number of rotatable bonds is 10. The molecule has 11 heteroatoms. The first-order chi connectivity index (χ1) is 17.0. The molecule has 2 heterocycles. The van der Waals surface area contributed by atoms with Gasteiger partial charge in [-0.2, -0.15) is 4.68 Å². The van der Waals surface area contributed by atoms with Crippen LogP contribution in [0.25, 0.3) is 11.8 Å². The molecule has 1 amide bonds. The Morgan fingerprint density at radius 1 is 1.26 bits per heavy atom. The van der Waals surface area contributed by atoms with Crippen molar-refractivity contribution < 1.29 is 14.7 Å². The van der Waals surface area contributed by atoms with E-state index in [0.717, 1.165) is 31.6 Å². The number of aromatic nitrogens is 4. The lowest BCUT2D eigenvalue weighted by Gasteiger charge is -2.22. The Balaban J connectivity index is 1.42. The van der Waals surface area contributed by atoms with Crippen molar-refractivity contribution in [1.82, 2.24) is 30.8 Å². The van der Waals surface area contributed by atoms with E-state index in [1.807, 2.05) is 0 Å².